The number of sulfonamides is 1. The van der Waals surface area contributed by atoms with E-state index < -0.39 is 28.5 Å². The smallest absolute Gasteiger partial charge is 0.244 e. The molecule has 0 heterocycles. The van der Waals surface area contributed by atoms with Crippen LogP contribution in [0.25, 0.3) is 0 Å². The minimum atomic E-state index is -3.89. The van der Waals surface area contributed by atoms with Gasteiger partial charge in [0.15, 0.2) is 0 Å². The van der Waals surface area contributed by atoms with Crippen LogP contribution in [0.15, 0.2) is 72.8 Å². The third-order valence-corrected chi connectivity index (χ3v) is 9.46. The van der Waals surface area contributed by atoms with Crippen LogP contribution in [0.5, 0.6) is 5.75 Å². The second kappa shape index (κ2) is 14.9. The van der Waals surface area contributed by atoms with Gasteiger partial charge in [0.25, 0.3) is 0 Å². The summed E-state index contributed by atoms with van der Waals surface area (Å²) in [6, 6.07) is 20.1. The van der Waals surface area contributed by atoms with Crippen molar-refractivity contribution in [2.24, 2.45) is 0 Å². The molecule has 43 heavy (non-hydrogen) atoms. The number of nitrogens with one attached hydrogen (secondary N) is 1. The second-order valence-corrected chi connectivity index (χ2v) is 13.5. The lowest BCUT2D eigenvalue weighted by molar-refractivity contribution is -0.140. The van der Waals surface area contributed by atoms with Crippen molar-refractivity contribution in [3.05, 3.63) is 94.0 Å². The summed E-state index contributed by atoms with van der Waals surface area (Å²) in [7, 11) is -2.41. The number of benzene rings is 3. The number of methoxy groups -OCH3 is 1. The van der Waals surface area contributed by atoms with Gasteiger partial charge in [0, 0.05) is 25.1 Å². The van der Waals surface area contributed by atoms with Crippen LogP contribution in [0.1, 0.15) is 43.2 Å². The molecule has 1 saturated carbocycles. The van der Waals surface area contributed by atoms with E-state index in [0.29, 0.717) is 21.4 Å². The fourth-order valence-electron chi connectivity index (χ4n) is 5.31. The summed E-state index contributed by atoms with van der Waals surface area (Å²) in [6.45, 7) is -0.504. The maximum Gasteiger partial charge on any atom is 0.244 e. The van der Waals surface area contributed by atoms with Gasteiger partial charge in [-0.05, 0) is 48.2 Å². The van der Waals surface area contributed by atoms with E-state index in [1.807, 2.05) is 30.3 Å². The van der Waals surface area contributed by atoms with Crippen LogP contribution in [0.3, 0.4) is 0 Å². The number of carbonyl (C=O) groups excluding carboxylic acids is 2. The third-order valence-electron chi connectivity index (χ3n) is 7.58. The summed E-state index contributed by atoms with van der Waals surface area (Å²) in [4.78, 5) is 29.7. The number of rotatable bonds is 12. The number of halogens is 2. The molecule has 11 heteroatoms. The van der Waals surface area contributed by atoms with Crippen molar-refractivity contribution in [1.82, 2.24) is 10.2 Å². The van der Waals surface area contributed by atoms with Gasteiger partial charge in [0.2, 0.25) is 21.8 Å². The minimum Gasteiger partial charge on any atom is -0.497 e. The molecule has 8 nitrogen and oxygen atoms in total. The number of carbonyl (C=O) groups is 2. The summed E-state index contributed by atoms with van der Waals surface area (Å²) in [6.07, 6.45) is 6.23. The number of amides is 2. The van der Waals surface area contributed by atoms with Crippen LogP contribution in [0, 0.1) is 0 Å². The highest BCUT2D eigenvalue weighted by molar-refractivity contribution is 7.92. The second-order valence-electron chi connectivity index (χ2n) is 10.8. The SMILES string of the molecule is COc1cccc(N(CC(=O)N(Cc2ccc(Cl)c(Cl)c2)[C@H](Cc2ccccc2)C(=O)NC2CCCCC2)S(C)(=O)=O)c1. The summed E-state index contributed by atoms with van der Waals surface area (Å²) in [5.41, 5.74) is 1.79. The molecule has 4 rings (SSSR count). The molecule has 230 valence electrons. The van der Waals surface area contributed by atoms with E-state index >= 15 is 0 Å². The molecule has 0 aromatic heterocycles. The maximum absolute atomic E-state index is 14.3. The average molecular weight is 647 g/mol. The minimum absolute atomic E-state index is 0.0149. The normalized spacial score (nSPS) is 14.5. The monoisotopic (exact) mass is 645 g/mol. The first kappa shape index (κ1) is 32.6. The van der Waals surface area contributed by atoms with Crippen molar-refractivity contribution >= 4 is 50.7 Å². The van der Waals surface area contributed by atoms with E-state index in [1.54, 1.807) is 42.5 Å². The average Bonchev–Trinajstić information content (AvgIpc) is 2.99. The van der Waals surface area contributed by atoms with Gasteiger partial charge >= 0.3 is 0 Å². The Kier molecular flexibility index (Phi) is 11.3. The van der Waals surface area contributed by atoms with Crippen LogP contribution in [0.4, 0.5) is 5.69 Å². The molecule has 1 N–H and O–H groups in total. The molecular weight excluding hydrogens is 609 g/mol. The summed E-state index contributed by atoms with van der Waals surface area (Å²) < 4.78 is 32.3. The molecule has 0 unspecified atom stereocenters. The van der Waals surface area contributed by atoms with Gasteiger partial charge in [-0.1, -0.05) is 84.9 Å². The van der Waals surface area contributed by atoms with Crippen molar-refractivity contribution in [2.75, 3.05) is 24.2 Å². The molecule has 3 aromatic rings. The molecule has 1 aliphatic carbocycles. The van der Waals surface area contributed by atoms with E-state index in [4.69, 9.17) is 27.9 Å². The highest BCUT2D eigenvalue weighted by atomic mass is 35.5. The highest BCUT2D eigenvalue weighted by Crippen LogP contribution is 2.27. The van der Waals surface area contributed by atoms with Gasteiger partial charge < -0.3 is 15.0 Å². The summed E-state index contributed by atoms with van der Waals surface area (Å²) >= 11 is 12.5. The Balaban J connectivity index is 1.74. The zero-order valence-corrected chi connectivity index (χ0v) is 26.7. The first-order valence-corrected chi connectivity index (χ1v) is 16.8. The Hall–Kier alpha value is -3.27. The van der Waals surface area contributed by atoms with Crippen molar-refractivity contribution in [3.8, 4) is 5.75 Å². The van der Waals surface area contributed by atoms with Crippen molar-refractivity contribution in [2.45, 2.75) is 57.2 Å². The van der Waals surface area contributed by atoms with Crippen LogP contribution in [-0.2, 0) is 32.6 Å². The number of anilines is 1. The predicted molar refractivity (Wildman–Crippen MR) is 171 cm³/mol. The Morgan fingerprint density at radius 2 is 1.65 bits per heavy atom. The maximum atomic E-state index is 14.3. The van der Waals surface area contributed by atoms with Gasteiger partial charge in [0.05, 0.1) is 29.1 Å². The fourth-order valence-corrected chi connectivity index (χ4v) is 6.47. The molecular formula is C32H37Cl2N3O5S. The molecule has 0 bridgehead atoms. The zero-order valence-electron chi connectivity index (χ0n) is 24.3. The lowest BCUT2D eigenvalue weighted by Crippen LogP contribution is -2.55. The molecule has 1 aliphatic rings. The van der Waals surface area contributed by atoms with Gasteiger partial charge in [-0.3, -0.25) is 13.9 Å². The van der Waals surface area contributed by atoms with E-state index in [-0.39, 0.29) is 30.6 Å². The van der Waals surface area contributed by atoms with Gasteiger partial charge in [-0.25, -0.2) is 8.42 Å². The van der Waals surface area contributed by atoms with Crippen LogP contribution >= 0.6 is 23.2 Å². The highest BCUT2D eigenvalue weighted by Gasteiger charge is 2.34. The summed E-state index contributed by atoms with van der Waals surface area (Å²) in [5.74, 6) is -0.379. The Morgan fingerprint density at radius 3 is 2.30 bits per heavy atom. The van der Waals surface area contributed by atoms with Crippen molar-refractivity contribution in [3.63, 3.8) is 0 Å². The Morgan fingerprint density at radius 1 is 0.930 bits per heavy atom. The van der Waals surface area contributed by atoms with Crippen LogP contribution in [0.2, 0.25) is 10.0 Å². The number of nitrogens with zero attached hydrogens (tertiary/aromatic N) is 2. The van der Waals surface area contributed by atoms with Gasteiger partial charge in [-0.2, -0.15) is 0 Å². The number of hydrogen-bond donors (Lipinski definition) is 1. The largest absolute Gasteiger partial charge is 0.497 e. The number of ether oxygens (including phenoxy) is 1. The lowest BCUT2D eigenvalue weighted by atomic mass is 9.94. The molecule has 0 spiro atoms. The molecule has 3 aromatic carbocycles. The predicted octanol–water partition coefficient (Wildman–Crippen LogP) is 5.86. The molecule has 1 fully saturated rings. The van der Waals surface area contributed by atoms with Crippen LogP contribution in [-0.4, -0.2) is 57.1 Å². The molecule has 0 saturated heterocycles. The zero-order chi connectivity index (χ0) is 31.0. The van der Waals surface area contributed by atoms with E-state index in [9.17, 15) is 18.0 Å². The standard InChI is InChI=1S/C32H37Cl2N3O5S/c1-42-27-15-9-14-26(20-27)37(43(2,40)41)22-31(38)36(21-24-16-17-28(33)29(34)18-24)30(19-23-10-5-3-6-11-23)32(39)35-25-12-7-4-8-13-25/h3,5-6,9-11,14-18,20,25,30H,4,7-8,12-13,19,21-22H2,1-2H3,(H,35,39)/t30-/m1/s1. The molecule has 2 amide bonds. The number of hydrogen-bond acceptors (Lipinski definition) is 5. The van der Waals surface area contributed by atoms with E-state index in [1.165, 1.54) is 12.0 Å². The topological polar surface area (TPSA) is 96.0 Å². The Bertz CT molecular complexity index is 1510. The van der Waals surface area contributed by atoms with Gasteiger partial charge in [0.1, 0.15) is 18.3 Å². The molecule has 1 atom stereocenters. The van der Waals surface area contributed by atoms with E-state index in [0.717, 1.165) is 48.2 Å². The van der Waals surface area contributed by atoms with Crippen molar-refractivity contribution in [1.29, 1.82) is 0 Å². The lowest BCUT2D eigenvalue weighted by Gasteiger charge is -2.35. The Labute approximate surface area is 264 Å². The molecule has 0 radical (unpaired) electrons. The van der Waals surface area contributed by atoms with Crippen molar-refractivity contribution < 1.29 is 22.7 Å². The first-order chi connectivity index (χ1) is 20.5. The van der Waals surface area contributed by atoms with E-state index in [2.05, 4.69) is 5.32 Å². The summed E-state index contributed by atoms with van der Waals surface area (Å²) in [5, 5.41) is 3.86. The molecule has 0 aliphatic heterocycles. The van der Waals surface area contributed by atoms with Crippen LogP contribution < -0.4 is 14.4 Å². The first-order valence-electron chi connectivity index (χ1n) is 14.2. The third kappa shape index (κ3) is 9.11. The quantitative estimate of drug-likeness (QED) is 0.266. The van der Waals surface area contributed by atoms with Gasteiger partial charge in [-0.15, -0.1) is 0 Å². The fraction of sp³-hybridized carbons (Fsp3) is 0.375.